The Morgan fingerprint density at radius 2 is 1.95 bits per heavy atom. The van der Waals surface area contributed by atoms with Crippen molar-refractivity contribution >= 4 is 28.6 Å². The maximum absolute atomic E-state index is 14.3. The van der Waals surface area contributed by atoms with Crippen LogP contribution in [0.25, 0.3) is 22.0 Å². The first-order chi connectivity index (χ1) is 20.7. The summed E-state index contributed by atoms with van der Waals surface area (Å²) in [5.74, 6) is -3.31. The first-order valence-corrected chi connectivity index (χ1v) is 13.3. The maximum atomic E-state index is 14.3. The molecule has 1 saturated heterocycles. The highest BCUT2D eigenvalue weighted by Crippen LogP contribution is 2.29. The number of alkyl halides is 2. The molecule has 6 rings (SSSR count). The van der Waals surface area contributed by atoms with Crippen molar-refractivity contribution in [3.05, 3.63) is 83.6 Å². The topological polar surface area (TPSA) is 121 Å². The number of likely N-dealkylation sites (tertiary alicyclic amines) is 1. The number of fused-ring (bicyclic) bond motifs is 2. The summed E-state index contributed by atoms with van der Waals surface area (Å²) in [7, 11) is 0. The van der Waals surface area contributed by atoms with E-state index in [9.17, 15) is 31.9 Å². The molecular formula is C29H24F4N6O4. The molecular weight excluding hydrogens is 572 g/mol. The Balaban J connectivity index is 1.15. The van der Waals surface area contributed by atoms with E-state index < -0.39 is 54.7 Å². The standard InChI is InChI=1S/C29H24F4N6O4/c30-17-1-2-20(22(31)7-17)15-6-21-24(35-10-15)13-38(28(21)42)14-26(40)39-12-19(43-29(32)33)8-25(39)27(41)36-11-18-5-16-9-34-4-3-23(16)37-18/h1-7,9-10,19,25,29,37H,8,11-14H2,(H,36,41)/t19-,25+/m1/s1. The highest BCUT2D eigenvalue weighted by molar-refractivity contribution is 6.01. The van der Waals surface area contributed by atoms with Crippen molar-refractivity contribution in [2.75, 3.05) is 13.1 Å². The summed E-state index contributed by atoms with van der Waals surface area (Å²) >= 11 is 0. The molecule has 0 saturated carbocycles. The van der Waals surface area contributed by atoms with Crippen LogP contribution in [0, 0.1) is 11.6 Å². The van der Waals surface area contributed by atoms with Gasteiger partial charge in [0.1, 0.15) is 24.2 Å². The molecule has 43 heavy (non-hydrogen) atoms. The van der Waals surface area contributed by atoms with Crippen molar-refractivity contribution in [3.8, 4) is 11.1 Å². The molecule has 5 heterocycles. The SMILES string of the molecule is O=C(NCc1cc2cnccc2[nH]1)[C@@H]1C[C@@H](OC(F)F)CN1C(=O)CN1Cc2ncc(-c3ccc(F)cc3F)cc2C1=O. The molecule has 3 aromatic heterocycles. The number of hydrogen-bond acceptors (Lipinski definition) is 6. The van der Waals surface area contributed by atoms with Gasteiger partial charge in [0.2, 0.25) is 11.8 Å². The van der Waals surface area contributed by atoms with Crippen molar-refractivity contribution in [2.45, 2.75) is 38.3 Å². The summed E-state index contributed by atoms with van der Waals surface area (Å²) in [5.41, 5.74) is 2.32. The summed E-state index contributed by atoms with van der Waals surface area (Å²) < 4.78 is 58.3. The fraction of sp³-hybridized carbons (Fsp3) is 0.276. The number of pyridine rings is 2. The molecule has 1 fully saturated rings. The van der Waals surface area contributed by atoms with Crippen LogP contribution in [0.1, 0.15) is 28.2 Å². The van der Waals surface area contributed by atoms with E-state index in [4.69, 9.17) is 0 Å². The third kappa shape index (κ3) is 5.78. The van der Waals surface area contributed by atoms with Gasteiger partial charge in [0.25, 0.3) is 5.91 Å². The Hall–Kier alpha value is -4.85. The molecule has 0 bridgehead atoms. The molecule has 2 atom stereocenters. The summed E-state index contributed by atoms with van der Waals surface area (Å²) in [6.45, 7) is -3.74. The number of rotatable bonds is 8. The smallest absolute Gasteiger partial charge is 0.345 e. The molecule has 3 amide bonds. The fourth-order valence-electron chi connectivity index (χ4n) is 5.47. The zero-order valence-electron chi connectivity index (χ0n) is 22.4. The third-order valence-corrected chi connectivity index (χ3v) is 7.51. The van der Waals surface area contributed by atoms with Gasteiger partial charge in [-0.1, -0.05) is 0 Å². The first kappa shape index (κ1) is 28.3. The molecule has 222 valence electrons. The second-order valence-electron chi connectivity index (χ2n) is 10.3. The number of carbonyl (C=O) groups excluding carboxylic acids is 3. The lowest BCUT2D eigenvalue weighted by Gasteiger charge is -2.26. The molecule has 0 unspecified atom stereocenters. The van der Waals surface area contributed by atoms with Gasteiger partial charge in [0.05, 0.1) is 30.5 Å². The van der Waals surface area contributed by atoms with E-state index >= 15 is 0 Å². The van der Waals surface area contributed by atoms with Crippen LogP contribution in [0.15, 0.2) is 55.0 Å². The number of carbonyl (C=O) groups is 3. The van der Waals surface area contributed by atoms with Crippen LogP contribution >= 0.6 is 0 Å². The number of nitrogens with one attached hydrogen (secondary N) is 2. The number of benzene rings is 1. The van der Waals surface area contributed by atoms with Crippen LogP contribution in [0.3, 0.4) is 0 Å². The van der Waals surface area contributed by atoms with Gasteiger partial charge in [-0.05, 0) is 30.3 Å². The molecule has 4 aromatic rings. The van der Waals surface area contributed by atoms with Crippen LogP contribution in [0.2, 0.25) is 0 Å². The van der Waals surface area contributed by atoms with E-state index in [1.807, 2.05) is 6.07 Å². The highest BCUT2D eigenvalue weighted by atomic mass is 19.3. The van der Waals surface area contributed by atoms with Gasteiger partial charge in [0, 0.05) is 65.3 Å². The van der Waals surface area contributed by atoms with Crippen molar-refractivity contribution in [2.24, 2.45) is 0 Å². The monoisotopic (exact) mass is 596 g/mol. The lowest BCUT2D eigenvalue weighted by molar-refractivity contribution is -0.160. The van der Waals surface area contributed by atoms with Gasteiger partial charge in [-0.3, -0.25) is 24.4 Å². The second-order valence-corrected chi connectivity index (χ2v) is 10.3. The van der Waals surface area contributed by atoms with Gasteiger partial charge in [-0.15, -0.1) is 0 Å². The van der Waals surface area contributed by atoms with Crippen molar-refractivity contribution in [3.63, 3.8) is 0 Å². The predicted molar refractivity (Wildman–Crippen MR) is 143 cm³/mol. The fourth-order valence-corrected chi connectivity index (χ4v) is 5.47. The summed E-state index contributed by atoms with van der Waals surface area (Å²) in [6.07, 6.45) is 3.40. The van der Waals surface area contributed by atoms with Crippen LogP contribution < -0.4 is 5.32 Å². The van der Waals surface area contributed by atoms with E-state index in [1.54, 1.807) is 18.5 Å². The average Bonchev–Trinajstić information content (AvgIpc) is 3.67. The second kappa shape index (κ2) is 11.4. The molecule has 10 nitrogen and oxygen atoms in total. The van der Waals surface area contributed by atoms with Crippen molar-refractivity contribution in [1.82, 2.24) is 30.1 Å². The largest absolute Gasteiger partial charge is 0.357 e. The molecule has 14 heteroatoms. The van der Waals surface area contributed by atoms with E-state index in [-0.39, 0.29) is 42.7 Å². The first-order valence-electron chi connectivity index (χ1n) is 13.3. The van der Waals surface area contributed by atoms with Gasteiger partial charge in [0.15, 0.2) is 0 Å². The minimum atomic E-state index is -3.09. The van der Waals surface area contributed by atoms with Gasteiger partial charge >= 0.3 is 6.61 Å². The lowest BCUT2D eigenvalue weighted by Crippen LogP contribution is -2.49. The summed E-state index contributed by atoms with van der Waals surface area (Å²) in [6, 6.07) is 6.95. The number of ether oxygens (including phenoxy) is 1. The van der Waals surface area contributed by atoms with Crippen LogP contribution in [0.4, 0.5) is 17.6 Å². The Bertz CT molecular complexity index is 1700. The van der Waals surface area contributed by atoms with E-state index in [0.717, 1.165) is 27.9 Å². The number of halogens is 4. The highest BCUT2D eigenvalue weighted by Gasteiger charge is 2.42. The summed E-state index contributed by atoms with van der Waals surface area (Å²) in [4.78, 5) is 53.5. The van der Waals surface area contributed by atoms with Crippen LogP contribution in [-0.2, 0) is 27.4 Å². The molecule has 2 N–H and O–H groups in total. The Kier molecular flexibility index (Phi) is 7.52. The quantitative estimate of drug-likeness (QED) is 0.301. The zero-order chi connectivity index (χ0) is 30.2. The number of aromatic amines is 1. The molecule has 0 spiro atoms. The van der Waals surface area contributed by atoms with Gasteiger partial charge in [-0.2, -0.15) is 8.78 Å². The molecule has 1 aromatic carbocycles. The van der Waals surface area contributed by atoms with E-state index in [0.29, 0.717) is 11.4 Å². The number of H-pyrrole nitrogens is 1. The average molecular weight is 597 g/mol. The maximum Gasteiger partial charge on any atom is 0.345 e. The van der Waals surface area contributed by atoms with Crippen molar-refractivity contribution < 1.29 is 36.7 Å². The third-order valence-electron chi connectivity index (χ3n) is 7.51. The molecule has 0 radical (unpaired) electrons. The van der Waals surface area contributed by atoms with Gasteiger partial charge < -0.3 is 24.8 Å². The molecule has 2 aliphatic heterocycles. The Morgan fingerprint density at radius 1 is 1.12 bits per heavy atom. The molecule has 2 aliphatic rings. The van der Waals surface area contributed by atoms with Gasteiger partial charge in [-0.25, -0.2) is 8.78 Å². The number of aromatic nitrogens is 3. The van der Waals surface area contributed by atoms with E-state index in [2.05, 4.69) is 25.0 Å². The van der Waals surface area contributed by atoms with Crippen LogP contribution in [-0.4, -0.2) is 74.3 Å². The Labute approximate surface area is 241 Å². The zero-order valence-corrected chi connectivity index (χ0v) is 22.4. The lowest BCUT2D eigenvalue weighted by atomic mass is 10.0. The molecule has 0 aliphatic carbocycles. The summed E-state index contributed by atoms with van der Waals surface area (Å²) in [5, 5.41) is 3.58. The number of nitrogens with zero attached hydrogens (tertiary/aromatic N) is 4. The number of hydrogen-bond donors (Lipinski definition) is 2. The Morgan fingerprint density at radius 3 is 2.72 bits per heavy atom. The van der Waals surface area contributed by atoms with E-state index in [1.165, 1.54) is 23.2 Å². The minimum absolute atomic E-state index is 0.0248. The van der Waals surface area contributed by atoms with Crippen LogP contribution in [0.5, 0.6) is 0 Å². The van der Waals surface area contributed by atoms with Crippen molar-refractivity contribution in [1.29, 1.82) is 0 Å². The predicted octanol–water partition coefficient (Wildman–Crippen LogP) is 3.38. The minimum Gasteiger partial charge on any atom is -0.357 e. The number of amides is 3. The normalized spacial score (nSPS) is 18.1.